The summed E-state index contributed by atoms with van der Waals surface area (Å²) < 4.78 is 19.3. The van der Waals surface area contributed by atoms with Gasteiger partial charge in [0, 0.05) is 13.0 Å². The van der Waals surface area contributed by atoms with Crippen molar-refractivity contribution >= 4 is 6.09 Å². The number of aliphatic hydroxyl groups is 1. The maximum atomic E-state index is 13.2. The van der Waals surface area contributed by atoms with Gasteiger partial charge in [-0.2, -0.15) is 0 Å². The first-order chi connectivity index (χ1) is 13.6. The van der Waals surface area contributed by atoms with E-state index in [9.17, 15) is 14.3 Å². The largest absolute Gasteiger partial charge is 0.438 e. The highest BCUT2D eigenvalue weighted by atomic mass is 19.1. The topological polar surface area (TPSA) is 49.8 Å². The molecule has 0 aromatic heterocycles. The van der Waals surface area contributed by atoms with Gasteiger partial charge in [-0.15, -0.1) is 0 Å². The number of benzene rings is 2. The molecule has 1 N–H and O–H groups in total. The van der Waals surface area contributed by atoms with Crippen molar-refractivity contribution < 1.29 is 19.0 Å². The summed E-state index contributed by atoms with van der Waals surface area (Å²) in [5.74, 6) is -0.299. The molecule has 29 heavy (non-hydrogen) atoms. The zero-order valence-electron chi connectivity index (χ0n) is 17.6. The van der Waals surface area contributed by atoms with Crippen molar-refractivity contribution in [1.29, 1.82) is 0 Å². The number of ether oxygens (including phenoxy) is 1. The molecule has 0 bridgehead atoms. The molecule has 3 rings (SSSR count). The Hall–Kier alpha value is -2.40. The second kappa shape index (κ2) is 8.15. The van der Waals surface area contributed by atoms with Crippen LogP contribution in [0, 0.1) is 12.7 Å². The molecule has 1 aliphatic rings. The number of nitrogens with zero attached hydrogens (tertiary/aromatic N) is 1. The first-order valence-corrected chi connectivity index (χ1v) is 10.1. The molecule has 5 heteroatoms. The van der Waals surface area contributed by atoms with Crippen LogP contribution in [0.5, 0.6) is 0 Å². The fourth-order valence-corrected chi connectivity index (χ4v) is 3.83. The summed E-state index contributed by atoms with van der Waals surface area (Å²) in [5, 5.41) is 10.2. The van der Waals surface area contributed by atoms with Crippen molar-refractivity contribution in [2.45, 2.75) is 64.2 Å². The van der Waals surface area contributed by atoms with Gasteiger partial charge in [0.1, 0.15) is 11.4 Å². The first-order valence-electron chi connectivity index (χ1n) is 10.1. The van der Waals surface area contributed by atoms with E-state index in [0.717, 1.165) is 16.7 Å². The van der Waals surface area contributed by atoms with E-state index in [-0.39, 0.29) is 18.0 Å². The lowest BCUT2D eigenvalue weighted by Crippen LogP contribution is -2.49. The fraction of sp³-hybridized carbons (Fsp3) is 0.458. The molecule has 0 spiro atoms. The van der Waals surface area contributed by atoms with Gasteiger partial charge in [-0.05, 0) is 63.8 Å². The second-order valence-corrected chi connectivity index (χ2v) is 8.71. The van der Waals surface area contributed by atoms with Gasteiger partial charge >= 0.3 is 6.09 Å². The van der Waals surface area contributed by atoms with E-state index in [1.165, 1.54) is 12.1 Å². The highest BCUT2D eigenvalue weighted by molar-refractivity contribution is 5.70. The van der Waals surface area contributed by atoms with Gasteiger partial charge in [-0.3, -0.25) is 0 Å². The standard InChI is InChI=1S/C24H30FNO3/c1-17-5-9-20(10-6-17)24(14-13-23(3,4)28)15-16-26(22(27)29-24)18(2)19-7-11-21(25)12-8-19/h5-12,18,28H,13-16H2,1-4H3/t18-,24+/m0/s1. The summed E-state index contributed by atoms with van der Waals surface area (Å²) in [6.45, 7) is 8.00. The molecule has 1 saturated heterocycles. The summed E-state index contributed by atoms with van der Waals surface area (Å²) in [4.78, 5) is 14.7. The van der Waals surface area contributed by atoms with Crippen LogP contribution in [0.4, 0.5) is 9.18 Å². The molecule has 156 valence electrons. The smallest absolute Gasteiger partial charge is 0.411 e. The number of carbonyl (C=O) groups is 1. The summed E-state index contributed by atoms with van der Waals surface area (Å²) >= 11 is 0. The Labute approximate surface area is 172 Å². The number of hydrogen-bond acceptors (Lipinski definition) is 3. The molecule has 1 heterocycles. The Morgan fingerprint density at radius 3 is 2.34 bits per heavy atom. The Bertz CT molecular complexity index is 842. The number of amides is 1. The third-order valence-electron chi connectivity index (χ3n) is 5.81. The van der Waals surface area contributed by atoms with Crippen LogP contribution in [0.3, 0.4) is 0 Å². The molecule has 0 aliphatic carbocycles. The predicted molar refractivity (Wildman–Crippen MR) is 111 cm³/mol. The van der Waals surface area contributed by atoms with Crippen LogP contribution in [0.2, 0.25) is 0 Å². The molecule has 2 aromatic rings. The summed E-state index contributed by atoms with van der Waals surface area (Å²) in [6.07, 6.45) is 1.30. The van der Waals surface area contributed by atoms with Crippen molar-refractivity contribution in [1.82, 2.24) is 4.90 Å². The number of rotatable bonds is 6. The van der Waals surface area contributed by atoms with E-state index in [1.54, 1.807) is 30.9 Å². The molecule has 0 radical (unpaired) electrons. The number of cyclic esters (lactones) is 1. The van der Waals surface area contributed by atoms with E-state index in [4.69, 9.17) is 4.74 Å². The van der Waals surface area contributed by atoms with E-state index >= 15 is 0 Å². The molecule has 0 saturated carbocycles. The summed E-state index contributed by atoms with van der Waals surface area (Å²) in [5.41, 5.74) is 1.35. The first kappa shape index (κ1) is 21.3. The lowest BCUT2D eigenvalue weighted by atomic mass is 9.81. The molecular formula is C24H30FNO3. The third-order valence-corrected chi connectivity index (χ3v) is 5.81. The summed E-state index contributed by atoms with van der Waals surface area (Å²) in [7, 11) is 0. The van der Waals surface area contributed by atoms with Gasteiger partial charge in [-0.25, -0.2) is 9.18 Å². The van der Waals surface area contributed by atoms with Crippen LogP contribution >= 0.6 is 0 Å². The number of halogens is 1. The van der Waals surface area contributed by atoms with Crippen molar-refractivity contribution in [3.8, 4) is 0 Å². The van der Waals surface area contributed by atoms with Crippen molar-refractivity contribution in [3.05, 3.63) is 71.0 Å². The van der Waals surface area contributed by atoms with Gasteiger partial charge in [-0.1, -0.05) is 42.0 Å². The van der Waals surface area contributed by atoms with Gasteiger partial charge < -0.3 is 14.7 Å². The molecule has 2 aromatic carbocycles. The average molecular weight is 400 g/mol. The number of hydrogen-bond donors (Lipinski definition) is 1. The molecular weight excluding hydrogens is 369 g/mol. The second-order valence-electron chi connectivity index (χ2n) is 8.71. The van der Waals surface area contributed by atoms with E-state index in [2.05, 4.69) is 0 Å². The van der Waals surface area contributed by atoms with Crippen molar-refractivity contribution in [3.63, 3.8) is 0 Å². The molecule has 1 aliphatic heterocycles. The van der Waals surface area contributed by atoms with E-state index in [0.29, 0.717) is 25.8 Å². The molecule has 1 amide bonds. The minimum absolute atomic E-state index is 0.214. The highest BCUT2D eigenvalue weighted by Crippen LogP contribution is 2.41. The lowest BCUT2D eigenvalue weighted by molar-refractivity contribution is -0.0767. The van der Waals surface area contributed by atoms with Gasteiger partial charge in [0.05, 0.1) is 11.6 Å². The highest BCUT2D eigenvalue weighted by Gasteiger charge is 2.44. The molecule has 0 unspecified atom stereocenters. The van der Waals surface area contributed by atoms with Gasteiger partial charge in [0.2, 0.25) is 0 Å². The Kier molecular flexibility index (Phi) is 5.99. The van der Waals surface area contributed by atoms with Gasteiger partial charge in [0.15, 0.2) is 0 Å². The Balaban J connectivity index is 1.84. The van der Waals surface area contributed by atoms with Crippen LogP contribution in [-0.2, 0) is 10.3 Å². The lowest BCUT2D eigenvalue weighted by Gasteiger charge is -2.44. The zero-order chi connectivity index (χ0) is 21.2. The Morgan fingerprint density at radius 2 is 1.79 bits per heavy atom. The van der Waals surface area contributed by atoms with Crippen LogP contribution in [0.25, 0.3) is 0 Å². The minimum Gasteiger partial charge on any atom is -0.438 e. The van der Waals surface area contributed by atoms with Gasteiger partial charge in [0.25, 0.3) is 0 Å². The quantitative estimate of drug-likeness (QED) is 0.699. The third kappa shape index (κ3) is 4.96. The maximum absolute atomic E-state index is 13.2. The van der Waals surface area contributed by atoms with Crippen LogP contribution < -0.4 is 0 Å². The summed E-state index contributed by atoms with van der Waals surface area (Å²) in [6, 6.07) is 14.0. The minimum atomic E-state index is -0.845. The van der Waals surface area contributed by atoms with Crippen molar-refractivity contribution in [2.24, 2.45) is 0 Å². The number of carbonyl (C=O) groups excluding carboxylic acids is 1. The predicted octanol–water partition coefficient (Wildman–Crippen LogP) is 5.48. The van der Waals surface area contributed by atoms with Crippen LogP contribution in [-0.4, -0.2) is 28.2 Å². The zero-order valence-corrected chi connectivity index (χ0v) is 17.6. The molecule has 1 fully saturated rings. The number of aryl methyl sites for hydroxylation is 1. The monoisotopic (exact) mass is 399 g/mol. The average Bonchev–Trinajstić information content (AvgIpc) is 2.66. The Morgan fingerprint density at radius 1 is 1.17 bits per heavy atom. The van der Waals surface area contributed by atoms with Crippen molar-refractivity contribution in [2.75, 3.05) is 6.54 Å². The molecule has 2 atom stereocenters. The molecule has 4 nitrogen and oxygen atoms in total. The van der Waals surface area contributed by atoms with E-state index in [1.807, 2.05) is 38.1 Å². The normalized spacial score (nSPS) is 21.0. The van der Waals surface area contributed by atoms with E-state index < -0.39 is 11.2 Å². The van der Waals surface area contributed by atoms with Crippen LogP contribution in [0.15, 0.2) is 48.5 Å². The fourth-order valence-electron chi connectivity index (χ4n) is 3.83. The maximum Gasteiger partial charge on any atom is 0.411 e. The van der Waals surface area contributed by atoms with Crippen LogP contribution in [0.1, 0.15) is 62.8 Å². The SMILES string of the molecule is Cc1ccc([C@@]2(CCC(C)(C)O)CCN([C@@H](C)c3ccc(F)cc3)C(=O)O2)cc1.